The smallest absolute Gasteiger partial charge is 0.255 e. The number of nitrogens with zero attached hydrogens (tertiary/aromatic N) is 4. The molecular weight excluding hydrogens is 450 g/mol. The number of anilines is 1. The van der Waals surface area contributed by atoms with Crippen LogP contribution in [0.5, 0.6) is 0 Å². The van der Waals surface area contributed by atoms with Crippen molar-refractivity contribution in [2.45, 2.75) is 12.6 Å². The minimum atomic E-state index is -0.156. The van der Waals surface area contributed by atoms with Crippen molar-refractivity contribution in [3.05, 3.63) is 66.1 Å². The van der Waals surface area contributed by atoms with Crippen LogP contribution in [-0.4, -0.2) is 66.5 Å². The van der Waals surface area contributed by atoms with Crippen LogP contribution < -0.4 is 10.2 Å². The molecule has 1 N–H and O–H groups in total. The highest BCUT2D eigenvalue weighted by atomic mass is 32.1. The molecule has 1 aliphatic heterocycles. The number of carbonyl (C=O) groups excluding carboxylic acids is 1. The summed E-state index contributed by atoms with van der Waals surface area (Å²) in [6.07, 6.45) is 5.27. The number of thiophene rings is 1. The number of hydrogen-bond acceptors (Lipinski definition) is 7. The van der Waals surface area contributed by atoms with Gasteiger partial charge < -0.3 is 24.3 Å². The minimum absolute atomic E-state index is 0.0664. The molecule has 5 rings (SSSR count). The molecule has 0 unspecified atom stereocenters. The molecule has 1 aromatic carbocycles. The largest absolute Gasteiger partial charge is 0.376 e. The number of ether oxygens (including phenoxy) is 2. The van der Waals surface area contributed by atoms with E-state index in [1.54, 1.807) is 23.9 Å². The average molecular weight is 478 g/mol. The van der Waals surface area contributed by atoms with E-state index in [-0.39, 0.29) is 12.0 Å². The van der Waals surface area contributed by atoms with Crippen molar-refractivity contribution < 1.29 is 14.3 Å². The quantitative estimate of drug-likeness (QED) is 0.419. The van der Waals surface area contributed by atoms with Gasteiger partial charge in [0.1, 0.15) is 5.82 Å². The number of pyridine rings is 1. The summed E-state index contributed by atoms with van der Waals surface area (Å²) in [4.78, 5) is 24.1. The molecule has 9 heteroatoms. The summed E-state index contributed by atoms with van der Waals surface area (Å²) in [7, 11) is 1.94. The van der Waals surface area contributed by atoms with E-state index in [9.17, 15) is 4.79 Å². The summed E-state index contributed by atoms with van der Waals surface area (Å²) in [5, 5.41) is 6.30. The van der Waals surface area contributed by atoms with Crippen molar-refractivity contribution in [1.29, 1.82) is 0 Å². The standard InChI is InChI=1S/C25H27N5O3S/c1-29(14-18-15-32-12-13-33-18)24-20(25(31)27-9-11-30-10-8-26-17-30)6-7-22(28-24)21-16-34-23-5-3-2-4-19(21)23/h2-8,10,16-18H,9,11-15H2,1H3,(H,27,31)/t18-/m1/s1. The Hall–Kier alpha value is -3.27. The fraction of sp³-hybridized carbons (Fsp3) is 0.320. The Morgan fingerprint density at radius 3 is 3.00 bits per heavy atom. The van der Waals surface area contributed by atoms with Crippen LogP contribution in [0.1, 0.15) is 10.4 Å². The summed E-state index contributed by atoms with van der Waals surface area (Å²) < 4.78 is 14.5. The lowest BCUT2D eigenvalue weighted by atomic mass is 10.1. The van der Waals surface area contributed by atoms with Crippen molar-refractivity contribution >= 4 is 33.1 Å². The first-order valence-corrected chi connectivity index (χ1v) is 12.2. The van der Waals surface area contributed by atoms with Crippen molar-refractivity contribution in [1.82, 2.24) is 19.9 Å². The molecule has 0 aliphatic carbocycles. The number of rotatable bonds is 8. The normalized spacial score (nSPS) is 16.0. The maximum atomic E-state index is 13.1. The van der Waals surface area contributed by atoms with Crippen LogP contribution in [0.4, 0.5) is 5.82 Å². The zero-order chi connectivity index (χ0) is 23.3. The lowest BCUT2D eigenvalue weighted by molar-refractivity contribution is -0.0837. The Balaban J connectivity index is 1.42. The second kappa shape index (κ2) is 10.3. The summed E-state index contributed by atoms with van der Waals surface area (Å²) >= 11 is 1.69. The maximum absolute atomic E-state index is 13.1. The van der Waals surface area contributed by atoms with Gasteiger partial charge in [-0.1, -0.05) is 18.2 Å². The molecule has 1 amide bonds. The summed E-state index contributed by atoms with van der Waals surface area (Å²) in [6, 6.07) is 12.1. The monoisotopic (exact) mass is 477 g/mol. The van der Waals surface area contributed by atoms with Crippen molar-refractivity contribution in [2.75, 3.05) is 44.9 Å². The van der Waals surface area contributed by atoms with Crippen LogP contribution >= 0.6 is 11.3 Å². The number of carbonyl (C=O) groups is 1. The van der Waals surface area contributed by atoms with Crippen molar-refractivity contribution in [2.24, 2.45) is 0 Å². The highest BCUT2D eigenvalue weighted by Gasteiger charge is 2.22. The number of benzene rings is 1. The van der Waals surface area contributed by atoms with E-state index in [1.807, 2.05) is 47.0 Å². The lowest BCUT2D eigenvalue weighted by Crippen LogP contribution is -2.39. The van der Waals surface area contributed by atoms with Crippen LogP contribution in [0.3, 0.4) is 0 Å². The number of likely N-dealkylation sites (N-methyl/N-ethyl adjacent to an activating group) is 1. The highest BCUT2D eigenvalue weighted by molar-refractivity contribution is 7.17. The van der Waals surface area contributed by atoms with Gasteiger partial charge in [0, 0.05) is 60.1 Å². The zero-order valence-electron chi connectivity index (χ0n) is 19.0. The van der Waals surface area contributed by atoms with E-state index in [0.717, 1.165) is 16.6 Å². The number of hydrogen-bond donors (Lipinski definition) is 1. The van der Waals surface area contributed by atoms with Gasteiger partial charge in [0.05, 0.1) is 43.5 Å². The molecular formula is C25H27N5O3S. The Morgan fingerprint density at radius 2 is 2.18 bits per heavy atom. The van der Waals surface area contributed by atoms with E-state index in [1.165, 1.54) is 4.70 Å². The predicted octanol–water partition coefficient (Wildman–Crippen LogP) is 3.44. The first-order chi connectivity index (χ1) is 16.7. The molecule has 4 aromatic rings. The number of imidazole rings is 1. The van der Waals surface area contributed by atoms with E-state index < -0.39 is 0 Å². The molecule has 0 saturated carbocycles. The molecule has 8 nitrogen and oxygen atoms in total. The second-order valence-electron chi connectivity index (χ2n) is 8.22. The van der Waals surface area contributed by atoms with Gasteiger partial charge in [-0.25, -0.2) is 9.97 Å². The third-order valence-electron chi connectivity index (χ3n) is 5.82. The third kappa shape index (κ3) is 4.96. The molecule has 3 aromatic heterocycles. The highest BCUT2D eigenvalue weighted by Crippen LogP contribution is 2.34. The fourth-order valence-corrected chi connectivity index (χ4v) is 5.04. The summed E-state index contributed by atoms with van der Waals surface area (Å²) in [6.45, 7) is 3.45. The predicted molar refractivity (Wildman–Crippen MR) is 133 cm³/mol. The Labute approximate surface area is 202 Å². The van der Waals surface area contributed by atoms with Crippen LogP contribution in [0.25, 0.3) is 21.3 Å². The molecule has 176 valence electrons. The van der Waals surface area contributed by atoms with Crippen LogP contribution in [0.15, 0.2) is 60.5 Å². The van der Waals surface area contributed by atoms with Gasteiger partial charge in [-0.05, 0) is 18.2 Å². The lowest BCUT2D eigenvalue weighted by Gasteiger charge is -2.29. The van der Waals surface area contributed by atoms with Gasteiger partial charge in [-0.3, -0.25) is 4.79 Å². The molecule has 4 heterocycles. The Kier molecular flexibility index (Phi) is 6.84. The van der Waals surface area contributed by atoms with E-state index in [4.69, 9.17) is 14.5 Å². The first-order valence-electron chi connectivity index (χ1n) is 11.3. The van der Waals surface area contributed by atoms with Gasteiger partial charge in [-0.2, -0.15) is 0 Å². The van der Waals surface area contributed by atoms with Crippen LogP contribution in [0, 0.1) is 0 Å². The van der Waals surface area contributed by atoms with Gasteiger partial charge in [0.2, 0.25) is 0 Å². The molecule has 1 saturated heterocycles. The van der Waals surface area contributed by atoms with Crippen LogP contribution in [-0.2, 0) is 16.0 Å². The van der Waals surface area contributed by atoms with Crippen molar-refractivity contribution in [3.8, 4) is 11.3 Å². The van der Waals surface area contributed by atoms with E-state index in [2.05, 4.69) is 27.8 Å². The van der Waals surface area contributed by atoms with Gasteiger partial charge in [-0.15, -0.1) is 11.3 Å². The van der Waals surface area contributed by atoms with Gasteiger partial charge >= 0.3 is 0 Å². The van der Waals surface area contributed by atoms with E-state index in [0.29, 0.717) is 50.8 Å². The Bertz CT molecular complexity index is 1250. The van der Waals surface area contributed by atoms with Gasteiger partial charge in [0.25, 0.3) is 5.91 Å². The molecule has 1 aliphatic rings. The van der Waals surface area contributed by atoms with E-state index >= 15 is 0 Å². The molecule has 1 fully saturated rings. The Morgan fingerprint density at radius 1 is 1.26 bits per heavy atom. The molecule has 0 bridgehead atoms. The SMILES string of the molecule is CN(C[C@@H]1COCCO1)c1nc(-c2csc3ccccc23)ccc1C(=O)NCCn1ccnc1. The molecule has 1 atom stereocenters. The van der Waals surface area contributed by atoms with Crippen LogP contribution in [0.2, 0.25) is 0 Å². The number of aromatic nitrogens is 3. The molecule has 34 heavy (non-hydrogen) atoms. The van der Waals surface area contributed by atoms with Crippen molar-refractivity contribution in [3.63, 3.8) is 0 Å². The van der Waals surface area contributed by atoms with Gasteiger partial charge in [0.15, 0.2) is 0 Å². The number of nitrogens with one attached hydrogen (secondary N) is 1. The second-order valence-corrected chi connectivity index (χ2v) is 9.13. The molecule has 0 radical (unpaired) electrons. The third-order valence-corrected chi connectivity index (χ3v) is 6.78. The summed E-state index contributed by atoms with van der Waals surface area (Å²) in [5.74, 6) is 0.471. The first kappa shape index (κ1) is 22.5. The minimum Gasteiger partial charge on any atom is -0.376 e. The number of fused-ring (bicyclic) bond motifs is 1. The topological polar surface area (TPSA) is 81.5 Å². The summed E-state index contributed by atoms with van der Waals surface area (Å²) in [5.41, 5.74) is 2.45. The average Bonchev–Trinajstić information content (AvgIpc) is 3.54. The maximum Gasteiger partial charge on any atom is 0.255 e. The molecule has 0 spiro atoms. The zero-order valence-corrected chi connectivity index (χ0v) is 19.8. The number of amides is 1. The fourth-order valence-electron chi connectivity index (χ4n) is 4.09.